The Labute approximate surface area is 155 Å². The van der Waals surface area contributed by atoms with Crippen molar-refractivity contribution in [3.05, 3.63) is 40.3 Å². The molecule has 0 fully saturated rings. The lowest BCUT2D eigenvalue weighted by atomic mass is 10.2. The van der Waals surface area contributed by atoms with Crippen molar-refractivity contribution in [3.8, 4) is 0 Å². The maximum Gasteiger partial charge on any atom is 0.318 e. The molecule has 2 aromatic rings. The van der Waals surface area contributed by atoms with Gasteiger partial charge in [-0.25, -0.2) is 9.78 Å². The summed E-state index contributed by atoms with van der Waals surface area (Å²) in [6, 6.07) is 6.31. The summed E-state index contributed by atoms with van der Waals surface area (Å²) in [5, 5.41) is 1.79. The molecule has 0 aliphatic rings. The largest absolute Gasteiger partial charge is 0.456 e. The van der Waals surface area contributed by atoms with Gasteiger partial charge < -0.3 is 15.0 Å². The average molecular weight is 374 g/mol. The van der Waals surface area contributed by atoms with Crippen LogP contribution in [0, 0.1) is 0 Å². The van der Waals surface area contributed by atoms with E-state index in [2.05, 4.69) is 4.98 Å². The van der Waals surface area contributed by atoms with Gasteiger partial charge in [-0.05, 0) is 18.6 Å². The molecule has 0 saturated carbocycles. The molecule has 0 unspecified atom stereocenters. The van der Waals surface area contributed by atoms with Gasteiger partial charge in [0.15, 0.2) is 6.61 Å². The SMILES string of the molecule is CCCCn1c(=O)c(CCC(=O)OCC(=O)NC(N)=O)nc2ccccc21. The topological polar surface area (TPSA) is 133 Å². The molecule has 0 aliphatic carbocycles. The first kappa shape index (κ1) is 20.1. The molecular formula is C18H22N4O5. The second kappa shape index (κ2) is 9.46. The van der Waals surface area contributed by atoms with Gasteiger partial charge in [-0.15, -0.1) is 0 Å². The summed E-state index contributed by atoms with van der Waals surface area (Å²) in [5.41, 5.74) is 6.25. The minimum Gasteiger partial charge on any atom is -0.456 e. The van der Waals surface area contributed by atoms with Crippen LogP contribution in [0.5, 0.6) is 0 Å². The van der Waals surface area contributed by atoms with Gasteiger partial charge in [0, 0.05) is 13.0 Å². The van der Waals surface area contributed by atoms with Gasteiger partial charge in [-0.2, -0.15) is 0 Å². The number of hydrogen-bond donors (Lipinski definition) is 2. The van der Waals surface area contributed by atoms with Gasteiger partial charge >= 0.3 is 12.0 Å². The van der Waals surface area contributed by atoms with Crippen molar-refractivity contribution in [2.24, 2.45) is 5.73 Å². The molecule has 0 bridgehead atoms. The van der Waals surface area contributed by atoms with Crippen LogP contribution in [0.2, 0.25) is 0 Å². The number of carbonyl (C=O) groups excluding carboxylic acids is 3. The van der Waals surface area contributed by atoms with E-state index in [0.29, 0.717) is 12.1 Å². The third-order valence-electron chi connectivity index (χ3n) is 3.85. The number of fused-ring (bicyclic) bond motifs is 1. The molecule has 0 radical (unpaired) electrons. The number of ether oxygens (including phenoxy) is 1. The third kappa shape index (κ3) is 5.63. The van der Waals surface area contributed by atoms with E-state index in [0.717, 1.165) is 18.4 Å². The Morgan fingerprint density at radius 2 is 2.00 bits per heavy atom. The standard InChI is InChI=1S/C18H22N4O5/c1-2-3-10-22-14-7-5-4-6-12(14)20-13(17(22)25)8-9-16(24)27-11-15(23)21-18(19)26/h4-7H,2-3,8-11H2,1H3,(H3,19,21,23,26). The molecule has 1 heterocycles. The highest BCUT2D eigenvalue weighted by atomic mass is 16.5. The predicted octanol–water partition coefficient (Wildman–Crippen LogP) is 0.867. The van der Waals surface area contributed by atoms with Gasteiger partial charge in [0.05, 0.1) is 17.5 Å². The van der Waals surface area contributed by atoms with Crippen LogP contribution in [0.4, 0.5) is 4.79 Å². The van der Waals surface area contributed by atoms with Crippen LogP contribution in [0.15, 0.2) is 29.1 Å². The number of unbranched alkanes of at least 4 members (excludes halogenated alkanes) is 1. The van der Waals surface area contributed by atoms with Crippen molar-refractivity contribution in [2.75, 3.05) is 6.61 Å². The molecule has 9 heteroatoms. The van der Waals surface area contributed by atoms with Crippen molar-refractivity contribution in [1.29, 1.82) is 0 Å². The number of urea groups is 1. The number of hydrogen-bond acceptors (Lipinski definition) is 6. The molecule has 1 aromatic heterocycles. The Morgan fingerprint density at radius 3 is 2.70 bits per heavy atom. The highest BCUT2D eigenvalue weighted by Crippen LogP contribution is 2.12. The molecule has 3 N–H and O–H groups in total. The number of esters is 1. The van der Waals surface area contributed by atoms with Crippen LogP contribution in [0.25, 0.3) is 11.0 Å². The van der Waals surface area contributed by atoms with E-state index in [-0.39, 0.29) is 24.1 Å². The Hall–Kier alpha value is -3.23. The van der Waals surface area contributed by atoms with Crippen LogP contribution in [0.3, 0.4) is 0 Å². The minimum atomic E-state index is -1.02. The summed E-state index contributed by atoms with van der Waals surface area (Å²) >= 11 is 0. The number of benzene rings is 1. The van der Waals surface area contributed by atoms with Gasteiger partial charge in [0.1, 0.15) is 5.69 Å². The highest BCUT2D eigenvalue weighted by molar-refractivity contribution is 5.94. The van der Waals surface area contributed by atoms with Gasteiger partial charge in [-0.1, -0.05) is 25.5 Å². The zero-order valence-corrected chi connectivity index (χ0v) is 15.1. The summed E-state index contributed by atoms with van der Waals surface area (Å²) in [7, 11) is 0. The number of primary amides is 1. The molecule has 9 nitrogen and oxygen atoms in total. The van der Waals surface area contributed by atoms with Crippen LogP contribution < -0.4 is 16.6 Å². The lowest BCUT2D eigenvalue weighted by Crippen LogP contribution is -2.37. The molecule has 0 atom stereocenters. The van der Waals surface area contributed by atoms with E-state index in [9.17, 15) is 19.2 Å². The molecule has 0 saturated heterocycles. The smallest absolute Gasteiger partial charge is 0.318 e. The predicted molar refractivity (Wildman–Crippen MR) is 97.9 cm³/mol. The number of imide groups is 1. The molecule has 0 aliphatic heterocycles. The number of carbonyl (C=O) groups is 3. The maximum atomic E-state index is 12.7. The fourth-order valence-corrected chi connectivity index (χ4v) is 2.56. The fourth-order valence-electron chi connectivity index (χ4n) is 2.56. The zero-order valence-electron chi connectivity index (χ0n) is 15.1. The summed E-state index contributed by atoms with van der Waals surface area (Å²) in [5.74, 6) is -1.49. The highest BCUT2D eigenvalue weighted by Gasteiger charge is 2.14. The Balaban J connectivity index is 2.09. The summed E-state index contributed by atoms with van der Waals surface area (Å²) in [4.78, 5) is 50.6. The summed E-state index contributed by atoms with van der Waals surface area (Å²) in [6.45, 7) is 2.00. The number of nitrogens with zero attached hydrogens (tertiary/aromatic N) is 2. The van der Waals surface area contributed by atoms with Crippen LogP contribution in [0.1, 0.15) is 31.9 Å². The number of amides is 3. The lowest BCUT2D eigenvalue weighted by molar-refractivity contribution is -0.148. The fraction of sp³-hybridized carbons (Fsp3) is 0.389. The first-order valence-corrected chi connectivity index (χ1v) is 8.65. The molecular weight excluding hydrogens is 352 g/mol. The molecule has 144 valence electrons. The van der Waals surface area contributed by atoms with Crippen LogP contribution in [-0.4, -0.2) is 34.1 Å². The van der Waals surface area contributed by atoms with E-state index in [1.165, 1.54) is 0 Å². The van der Waals surface area contributed by atoms with E-state index in [1.54, 1.807) is 9.88 Å². The van der Waals surface area contributed by atoms with Crippen molar-refractivity contribution >= 4 is 28.9 Å². The maximum absolute atomic E-state index is 12.7. The summed E-state index contributed by atoms with van der Waals surface area (Å²) < 4.78 is 6.43. The van der Waals surface area contributed by atoms with Gasteiger partial charge in [-0.3, -0.25) is 19.7 Å². The Morgan fingerprint density at radius 1 is 1.26 bits per heavy atom. The van der Waals surface area contributed by atoms with Gasteiger partial charge in [0.25, 0.3) is 11.5 Å². The number of aromatic nitrogens is 2. The molecule has 1 aromatic carbocycles. The quantitative estimate of drug-likeness (QED) is 0.659. The lowest BCUT2D eigenvalue weighted by Gasteiger charge is -2.11. The normalized spacial score (nSPS) is 10.6. The molecule has 3 amide bonds. The second-order valence-electron chi connectivity index (χ2n) is 5.93. The number of para-hydroxylation sites is 2. The van der Waals surface area contributed by atoms with Crippen LogP contribution >= 0.6 is 0 Å². The first-order valence-electron chi connectivity index (χ1n) is 8.65. The molecule has 0 spiro atoms. The van der Waals surface area contributed by atoms with Crippen molar-refractivity contribution in [3.63, 3.8) is 0 Å². The molecule has 27 heavy (non-hydrogen) atoms. The number of nitrogens with two attached hydrogens (primary N) is 1. The number of rotatable bonds is 8. The van der Waals surface area contributed by atoms with Crippen molar-refractivity contribution in [1.82, 2.24) is 14.9 Å². The number of aryl methyl sites for hydroxylation is 2. The zero-order chi connectivity index (χ0) is 19.8. The van der Waals surface area contributed by atoms with E-state index in [4.69, 9.17) is 10.5 Å². The third-order valence-corrected chi connectivity index (χ3v) is 3.85. The van der Waals surface area contributed by atoms with Gasteiger partial charge in [0.2, 0.25) is 0 Å². The number of nitrogens with one attached hydrogen (secondary N) is 1. The minimum absolute atomic E-state index is 0.0893. The summed E-state index contributed by atoms with van der Waals surface area (Å²) in [6.07, 6.45) is 1.77. The first-order chi connectivity index (χ1) is 12.9. The molecule has 2 rings (SSSR count). The van der Waals surface area contributed by atoms with Crippen LogP contribution in [-0.2, 0) is 27.3 Å². The van der Waals surface area contributed by atoms with Crippen molar-refractivity contribution in [2.45, 2.75) is 39.2 Å². The second-order valence-corrected chi connectivity index (χ2v) is 5.93. The Bertz CT molecular complexity index is 906. The average Bonchev–Trinajstić information content (AvgIpc) is 2.63. The van der Waals surface area contributed by atoms with E-state index in [1.807, 2.05) is 31.2 Å². The van der Waals surface area contributed by atoms with Crippen molar-refractivity contribution < 1.29 is 19.1 Å². The Kier molecular flexibility index (Phi) is 7.04. The van der Waals surface area contributed by atoms with E-state index >= 15 is 0 Å². The van der Waals surface area contributed by atoms with E-state index < -0.39 is 24.5 Å². The monoisotopic (exact) mass is 374 g/mol.